The van der Waals surface area contributed by atoms with E-state index in [2.05, 4.69) is 21.1 Å². The second kappa shape index (κ2) is 14.1. The molecule has 6 atom stereocenters. The maximum atomic E-state index is 14.7. The van der Waals surface area contributed by atoms with Crippen LogP contribution in [0.2, 0.25) is 5.02 Å². The number of hydrogen-bond acceptors (Lipinski definition) is 8. The third-order valence-electron chi connectivity index (χ3n) is 10.4. The number of oxime groups is 1. The highest BCUT2D eigenvalue weighted by Gasteiger charge is 2.57. The lowest BCUT2D eigenvalue weighted by Crippen LogP contribution is -2.62. The lowest BCUT2D eigenvalue weighted by Gasteiger charge is -2.37. The van der Waals surface area contributed by atoms with Gasteiger partial charge in [-0.25, -0.2) is 0 Å². The van der Waals surface area contributed by atoms with Gasteiger partial charge in [0.2, 0.25) is 23.5 Å². The van der Waals surface area contributed by atoms with Crippen LogP contribution in [0.25, 0.3) is 0 Å². The van der Waals surface area contributed by atoms with Gasteiger partial charge in [0.15, 0.2) is 5.60 Å². The zero-order chi connectivity index (χ0) is 35.8. The summed E-state index contributed by atoms with van der Waals surface area (Å²) in [6.07, 6.45) is 3.14. The number of Topliss-reactive ketones (excluding diaryl/α,β-unsaturated/α-hetero) is 1. The average Bonchev–Trinajstić information content (AvgIpc) is 4.04. The molecule has 2 saturated carbocycles. The van der Waals surface area contributed by atoms with Crippen molar-refractivity contribution in [2.75, 3.05) is 20.7 Å². The fraction of sp³-hybridized carbons (Fsp3) is 0.514. The highest BCUT2D eigenvalue weighted by atomic mass is 35.5. The number of nitrogens with one attached hydrogen (secondary N) is 3. The molecular weight excluding hydrogens is 662 g/mol. The van der Waals surface area contributed by atoms with Crippen LogP contribution in [0.15, 0.2) is 59.8 Å². The van der Waals surface area contributed by atoms with Gasteiger partial charge in [0, 0.05) is 43.5 Å². The summed E-state index contributed by atoms with van der Waals surface area (Å²) < 4.78 is 5.76. The molecule has 2 aromatic carbocycles. The van der Waals surface area contributed by atoms with E-state index in [1.165, 1.54) is 19.1 Å². The number of amides is 4. The van der Waals surface area contributed by atoms with Crippen molar-refractivity contribution in [3.05, 3.63) is 70.7 Å². The van der Waals surface area contributed by atoms with Crippen LogP contribution < -0.4 is 16.0 Å². The molecule has 2 heterocycles. The van der Waals surface area contributed by atoms with Crippen molar-refractivity contribution >= 4 is 46.7 Å². The number of carbonyl (C=O) groups is 5. The summed E-state index contributed by atoms with van der Waals surface area (Å²) in [7, 11) is 2.83. The van der Waals surface area contributed by atoms with Crippen LogP contribution >= 0.6 is 11.6 Å². The smallest absolute Gasteiger partial charge is 0.289 e. The van der Waals surface area contributed by atoms with E-state index in [1.54, 1.807) is 32.0 Å². The van der Waals surface area contributed by atoms with Gasteiger partial charge in [0.1, 0.15) is 12.1 Å². The van der Waals surface area contributed by atoms with Gasteiger partial charge in [-0.3, -0.25) is 24.0 Å². The van der Waals surface area contributed by atoms with Crippen LogP contribution in [0.3, 0.4) is 0 Å². The Hall–Kier alpha value is -4.29. The first-order valence-electron chi connectivity index (χ1n) is 17.1. The van der Waals surface area contributed by atoms with Crippen LogP contribution in [0.1, 0.15) is 69.4 Å². The van der Waals surface area contributed by atoms with E-state index in [4.69, 9.17) is 21.2 Å². The molecule has 13 heteroatoms. The molecule has 0 aromatic heterocycles. The van der Waals surface area contributed by atoms with Gasteiger partial charge in [0.05, 0.1) is 23.9 Å². The van der Waals surface area contributed by atoms with E-state index in [1.807, 2.05) is 36.4 Å². The molecule has 4 aliphatic rings. The van der Waals surface area contributed by atoms with Crippen LogP contribution in [-0.2, 0) is 33.5 Å². The third-order valence-corrected chi connectivity index (χ3v) is 10.7. The Balaban J connectivity index is 1.27. The molecule has 1 saturated heterocycles. The molecule has 4 amide bonds. The number of likely N-dealkylation sites (N-methyl/N-ethyl adjacent to an activating group) is 1. The van der Waals surface area contributed by atoms with E-state index < -0.39 is 52.8 Å². The number of nitrogens with zero attached hydrogens (tertiary/aromatic N) is 2. The van der Waals surface area contributed by atoms with Crippen molar-refractivity contribution in [1.82, 2.24) is 20.9 Å². The van der Waals surface area contributed by atoms with Crippen molar-refractivity contribution in [2.45, 2.75) is 87.6 Å². The van der Waals surface area contributed by atoms with Gasteiger partial charge in [-0.05, 0) is 56.2 Å². The second-order valence-corrected chi connectivity index (χ2v) is 14.9. The van der Waals surface area contributed by atoms with Crippen molar-refractivity contribution < 1.29 is 33.5 Å². The second-order valence-electron chi connectivity index (χ2n) is 14.5. The summed E-state index contributed by atoms with van der Waals surface area (Å²) >= 11 is 6.25. The molecule has 6 rings (SSSR count). The van der Waals surface area contributed by atoms with Crippen LogP contribution in [0.4, 0.5) is 0 Å². The van der Waals surface area contributed by atoms with Gasteiger partial charge in [-0.2, -0.15) is 0 Å². The number of carbonyl (C=O) groups excluding carboxylic acids is 5. The topological polar surface area (TPSA) is 156 Å². The Labute approximate surface area is 296 Å². The van der Waals surface area contributed by atoms with Crippen molar-refractivity contribution in [3.63, 3.8) is 0 Å². The number of methoxy groups -OCH3 is 1. The van der Waals surface area contributed by atoms with E-state index in [0.717, 1.165) is 24.0 Å². The Bertz CT molecular complexity index is 1700. The first kappa shape index (κ1) is 35.5. The predicted octanol–water partition coefficient (Wildman–Crippen LogP) is 3.12. The number of likely N-dealkylation sites (tertiary alicyclic amines) is 1. The van der Waals surface area contributed by atoms with Crippen molar-refractivity contribution in [3.8, 4) is 0 Å². The highest BCUT2D eigenvalue weighted by molar-refractivity contribution is 6.38. The Kier molecular flexibility index (Phi) is 10.1. The van der Waals surface area contributed by atoms with Crippen LogP contribution in [0, 0.1) is 11.8 Å². The zero-order valence-corrected chi connectivity index (χ0v) is 29.5. The van der Waals surface area contributed by atoms with Crippen molar-refractivity contribution in [1.29, 1.82) is 0 Å². The van der Waals surface area contributed by atoms with Gasteiger partial charge in [-0.1, -0.05) is 72.1 Å². The van der Waals surface area contributed by atoms with Gasteiger partial charge < -0.3 is 30.4 Å². The fourth-order valence-corrected chi connectivity index (χ4v) is 7.23. The molecule has 12 nitrogen and oxygen atoms in total. The molecule has 2 aromatic rings. The standard InChI is InChI=1S/C37H44ClN5O7/c1-36(2,49-4)31(41-32(45)26-17-25(26)22-9-6-5-7-10-22)35(48)43-20-37(18-28(42-50-37)23-11-8-12-24(38)16-23)19-29(43)33(46)40-27(15-21-13-14-21)30(44)34(47)39-3/h5-12,16,21,25-27,29,31H,13-15,17-20H2,1-4H3,(H,39,47)(H,40,46)(H,41,45)/t25?,26-,27-,29-,31+,37+/m0/s1. The highest BCUT2D eigenvalue weighted by Crippen LogP contribution is 2.48. The largest absolute Gasteiger partial charge is 0.387 e. The van der Waals surface area contributed by atoms with Gasteiger partial charge >= 0.3 is 0 Å². The monoisotopic (exact) mass is 705 g/mol. The lowest BCUT2D eigenvalue weighted by molar-refractivity contribution is -0.149. The van der Waals surface area contributed by atoms with Gasteiger partial charge in [-0.15, -0.1) is 0 Å². The summed E-state index contributed by atoms with van der Waals surface area (Å²) in [5, 5.41) is 13.0. The molecule has 1 spiro atoms. The maximum absolute atomic E-state index is 14.7. The zero-order valence-electron chi connectivity index (χ0n) is 28.7. The molecule has 1 unspecified atom stereocenters. The maximum Gasteiger partial charge on any atom is 0.289 e. The average molecular weight is 706 g/mol. The summed E-state index contributed by atoms with van der Waals surface area (Å²) in [6, 6.07) is 13.6. The molecule has 3 N–H and O–H groups in total. The summed E-state index contributed by atoms with van der Waals surface area (Å²) in [4.78, 5) is 75.4. The molecular formula is C37H44ClN5O7. The predicted molar refractivity (Wildman–Crippen MR) is 185 cm³/mol. The van der Waals surface area contributed by atoms with E-state index >= 15 is 0 Å². The molecule has 50 heavy (non-hydrogen) atoms. The molecule has 0 radical (unpaired) electrons. The summed E-state index contributed by atoms with van der Waals surface area (Å²) in [5.74, 6) is -3.00. The minimum absolute atomic E-state index is 0.0175. The first-order chi connectivity index (χ1) is 23.8. The number of ketones is 1. The molecule has 0 bridgehead atoms. The van der Waals surface area contributed by atoms with E-state index in [-0.39, 0.29) is 43.0 Å². The van der Waals surface area contributed by atoms with E-state index in [0.29, 0.717) is 23.6 Å². The first-order valence-corrected chi connectivity index (χ1v) is 17.5. The number of hydrogen-bond donors (Lipinski definition) is 3. The lowest BCUT2D eigenvalue weighted by atomic mass is 9.91. The molecule has 3 fully saturated rings. The molecule has 266 valence electrons. The summed E-state index contributed by atoms with van der Waals surface area (Å²) in [6.45, 7) is 3.40. The number of halogens is 1. The SMILES string of the molecule is CNC(=O)C(=O)[C@H](CC1CC1)NC(=O)[C@@H]1C[C@]2(CC(c3cccc(Cl)c3)=NO2)CN1C(=O)[C@@H](NC(=O)[C@H]1CC1c1ccccc1)C(C)(C)OC. The van der Waals surface area contributed by atoms with Crippen molar-refractivity contribution in [2.24, 2.45) is 17.0 Å². The number of rotatable bonds is 13. The van der Waals surface area contributed by atoms with E-state index in [9.17, 15) is 24.0 Å². The fourth-order valence-electron chi connectivity index (χ4n) is 7.04. The molecule has 2 aliphatic heterocycles. The Morgan fingerprint density at radius 1 is 1.06 bits per heavy atom. The van der Waals surface area contributed by atoms with Crippen LogP contribution in [-0.4, -0.2) is 90.1 Å². The number of ether oxygens (including phenoxy) is 1. The Morgan fingerprint density at radius 3 is 2.46 bits per heavy atom. The quantitative estimate of drug-likeness (QED) is 0.271. The minimum Gasteiger partial charge on any atom is -0.387 e. The molecule has 2 aliphatic carbocycles. The number of benzene rings is 2. The minimum atomic E-state index is -1.16. The third kappa shape index (κ3) is 7.56. The Morgan fingerprint density at radius 2 is 1.80 bits per heavy atom. The van der Waals surface area contributed by atoms with Gasteiger partial charge in [0.25, 0.3) is 5.91 Å². The summed E-state index contributed by atoms with van der Waals surface area (Å²) in [5.41, 5.74) is 0.200. The normalized spacial score (nSPS) is 25.3. The van der Waals surface area contributed by atoms with Crippen LogP contribution in [0.5, 0.6) is 0 Å².